The average molecular weight is 232 g/mol. The highest BCUT2D eigenvalue weighted by Crippen LogP contribution is 1.92. The van der Waals surface area contributed by atoms with Crippen LogP contribution in [-0.2, 0) is 14.3 Å². The van der Waals surface area contributed by atoms with Gasteiger partial charge in [0.1, 0.15) is 6.61 Å². The summed E-state index contributed by atoms with van der Waals surface area (Å²) in [5.74, 6) is -0.468. The first kappa shape index (κ1) is 17.3. The van der Waals surface area contributed by atoms with Crippen LogP contribution in [0.15, 0.2) is 0 Å². The number of rotatable bonds is 6. The number of ether oxygens (including phenoxy) is 1. The van der Waals surface area contributed by atoms with Crippen molar-refractivity contribution in [2.75, 3.05) is 34.3 Å². The number of hydrogen-bond acceptors (Lipinski definition) is 4. The van der Waals surface area contributed by atoms with Crippen LogP contribution in [0.1, 0.15) is 26.7 Å². The Morgan fingerprint density at radius 1 is 1.19 bits per heavy atom. The fourth-order valence-corrected chi connectivity index (χ4v) is 0.755. The summed E-state index contributed by atoms with van der Waals surface area (Å²) in [4.78, 5) is 23.7. The average Bonchev–Trinajstić information content (AvgIpc) is 2.28. The third kappa shape index (κ3) is 12.9. The third-order valence-electron chi connectivity index (χ3n) is 1.64. The molecule has 0 aromatic carbocycles. The van der Waals surface area contributed by atoms with Crippen LogP contribution >= 0.6 is 0 Å². The lowest BCUT2D eigenvalue weighted by atomic mass is 10.3. The quantitative estimate of drug-likeness (QED) is 0.683. The second-order valence-electron chi connectivity index (χ2n) is 3.20. The van der Waals surface area contributed by atoms with Crippen molar-refractivity contribution in [3.63, 3.8) is 0 Å². The van der Waals surface area contributed by atoms with Gasteiger partial charge in [-0.2, -0.15) is 0 Å². The molecule has 0 aromatic rings. The number of carbonyl (C=O) groups excluding carboxylic acids is 2. The van der Waals surface area contributed by atoms with Gasteiger partial charge in [0.15, 0.2) is 0 Å². The topological polar surface area (TPSA) is 58.6 Å². The van der Waals surface area contributed by atoms with E-state index in [2.05, 4.69) is 5.32 Å². The minimum Gasteiger partial charge on any atom is -0.464 e. The standard InChI is InChI=1S/C9H18N2O3.C2H6/c1-10-8(12)4-5-9(13)14-7-6-11(2)3;1-2/h4-7H2,1-3H3,(H,10,12);1-2H3. The predicted molar refractivity (Wildman–Crippen MR) is 64.2 cm³/mol. The molecule has 0 saturated heterocycles. The monoisotopic (exact) mass is 232 g/mol. The lowest BCUT2D eigenvalue weighted by Crippen LogP contribution is -2.22. The summed E-state index contributed by atoms with van der Waals surface area (Å²) in [7, 11) is 5.34. The van der Waals surface area contributed by atoms with Crippen molar-refractivity contribution in [1.82, 2.24) is 10.2 Å². The molecule has 5 nitrogen and oxygen atoms in total. The van der Waals surface area contributed by atoms with E-state index in [4.69, 9.17) is 4.74 Å². The molecule has 16 heavy (non-hydrogen) atoms. The van der Waals surface area contributed by atoms with Gasteiger partial charge in [-0.3, -0.25) is 9.59 Å². The second kappa shape index (κ2) is 12.0. The highest BCUT2D eigenvalue weighted by molar-refractivity contribution is 5.80. The van der Waals surface area contributed by atoms with E-state index in [9.17, 15) is 9.59 Å². The van der Waals surface area contributed by atoms with Crippen LogP contribution in [0, 0.1) is 0 Å². The molecular weight excluding hydrogens is 208 g/mol. The van der Waals surface area contributed by atoms with E-state index in [1.54, 1.807) is 7.05 Å². The van der Waals surface area contributed by atoms with E-state index >= 15 is 0 Å². The second-order valence-corrected chi connectivity index (χ2v) is 3.20. The van der Waals surface area contributed by atoms with Crippen molar-refractivity contribution < 1.29 is 14.3 Å². The summed E-state index contributed by atoms with van der Waals surface area (Å²) in [5.41, 5.74) is 0. The van der Waals surface area contributed by atoms with Crippen molar-refractivity contribution in [3.8, 4) is 0 Å². The van der Waals surface area contributed by atoms with E-state index in [0.29, 0.717) is 13.2 Å². The smallest absolute Gasteiger partial charge is 0.306 e. The molecule has 0 unspecified atom stereocenters. The van der Waals surface area contributed by atoms with Gasteiger partial charge >= 0.3 is 5.97 Å². The number of nitrogens with zero attached hydrogens (tertiary/aromatic N) is 1. The zero-order chi connectivity index (χ0) is 13.0. The fraction of sp³-hybridized carbons (Fsp3) is 0.818. The molecule has 1 N–H and O–H groups in total. The van der Waals surface area contributed by atoms with E-state index < -0.39 is 0 Å². The van der Waals surface area contributed by atoms with Crippen molar-refractivity contribution >= 4 is 11.9 Å². The Bertz CT molecular complexity index is 194. The Morgan fingerprint density at radius 3 is 2.19 bits per heavy atom. The summed E-state index contributed by atoms with van der Waals surface area (Å²) >= 11 is 0. The van der Waals surface area contributed by atoms with Gasteiger partial charge < -0.3 is 15.0 Å². The summed E-state index contributed by atoms with van der Waals surface area (Å²) in [6, 6.07) is 0. The summed E-state index contributed by atoms with van der Waals surface area (Å²) in [6.45, 7) is 5.07. The fourth-order valence-electron chi connectivity index (χ4n) is 0.755. The molecule has 0 aromatic heterocycles. The Hall–Kier alpha value is -1.10. The number of esters is 1. The Morgan fingerprint density at radius 2 is 1.75 bits per heavy atom. The van der Waals surface area contributed by atoms with Gasteiger partial charge in [0.25, 0.3) is 0 Å². The maximum atomic E-state index is 11.0. The summed E-state index contributed by atoms with van der Waals surface area (Å²) < 4.78 is 4.89. The normalized spacial score (nSPS) is 9.12. The summed E-state index contributed by atoms with van der Waals surface area (Å²) in [5, 5.41) is 2.44. The molecular formula is C11H24N2O3. The van der Waals surface area contributed by atoms with Gasteiger partial charge in [0.2, 0.25) is 5.91 Å². The number of likely N-dealkylation sites (N-methyl/N-ethyl adjacent to an activating group) is 1. The van der Waals surface area contributed by atoms with E-state index in [0.717, 1.165) is 0 Å². The molecule has 0 saturated carbocycles. The Balaban J connectivity index is 0. The van der Waals surface area contributed by atoms with Gasteiger partial charge in [-0.25, -0.2) is 0 Å². The molecule has 0 fully saturated rings. The maximum Gasteiger partial charge on any atom is 0.306 e. The molecule has 0 aliphatic rings. The molecule has 0 aliphatic heterocycles. The SMILES string of the molecule is CC.CNC(=O)CCC(=O)OCCN(C)C. The molecule has 5 heteroatoms. The molecule has 0 rings (SSSR count). The lowest BCUT2D eigenvalue weighted by molar-refractivity contribution is -0.145. The van der Waals surface area contributed by atoms with Crippen LogP contribution in [0.25, 0.3) is 0 Å². The number of hydrogen-bond donors (Lipinski definition) is 1. The largest absolute Gasteiger partial charge is 0.464 e. The molecule has 0 heterocycles. The van der Waals surface area contributed by atoms with Crippen molar-refractivity contribution in [2.45, 2.75) is 26.7 Å². The zero-order valence-electron chi connectivity index (χ0n) is 11.0. The highest BCUT2D eigenvalue weighted by Gasteiger charge is 2.06. The van der Waals surface area contributed by atoms with E-state index in [-0.39, 0.29) is 24.7 Å². The van der Waals surface area contributed by atoms with E-state index in [1.165, 1.54) is 0 Å². The molecule has 0 atom stereocenters. The van der Waals surface area contributed by atoms with Crippen LogP contribution in [0.2, 0.25) is 0 Å². The van der Waals surface area contributed by atoms with Crippen LogP contribution in [0.4, 0.5) is 0 Å². The van der Waals surface area contributed by atoms with Gasteiger partial charge in [-0.05, 0) is 14.1 Å². The highest BCUT2D eigenvalue weighted by atomic mass is 16.5. The number of carbonyl (C=O) groups is 2. The Kier molecular flexibility index (Phi) is 12.9. The van der Waals surface area contributed by atoms with Crippen LogP contribution in [-0.4, -0.2) is 51.1 Å². The zero-order valence-corrected chi connectivity index (χ0v) is 11.0. The molecule has 0 spiro atoms. The van der Waals surface area contributed by atoms with Crippen LogP contribution < -0.4 is 5.32 Å². The maximum absolute atomic E-state index is 11.0. The Labute approximate surface area is 98.1 Å². The lowest BCUT2D eigenvalue weighted by Gasteiger charge is -2.09. The predicted octanol–water partition coefficient (Wildman–Crippen LogP) is 0.644. The van der Waals surface area contributed by atoms with Crippen molar-refractivity contribution in [1.29, 1.82) is 0 Å². The van der Waals surface area contributed by atoms with Gasteiger partial charge in [-0.15, -0.1) is 0 Å². The number of nitrogens with one attached hydrogen (secondary N) is 1. The first-order valence-corrected chi connectivity index (χ1v) is 5.57. The van der Waals surface area contributed by atoms with Crippen LogP contribution in [0.3, 0.4) is 0 Å². The van der Waals surface area contributed by atoms with Crippen molar-refractivity contribution in [2.24, 2.45) is 0 Å². The first-order chi connectivity index (χ1) is 7.56. The molecule has 0 aliphatic carbocycles. The molecule has 0 bridgehead atoms. The van der Waals surface area contributed by atoms with Crippen molar-refractivity contribution in [3.05, 3.63) is 0 Å². The molecule has 0 radical (unpaired) electrons. The first-order valence-electron chi connectivity index (χ1n) is 5.57. The van der Waals surface area contributed by atoms with Gasteiger partial charge in [-0.1, -0.05) is 13.8 Å². The van der Waals surface area contributed by atoms with E-state index in [1.807, 2.05) is 32.8 Å². The number of amides is 1. The molecule has 96 valence electrons. The van der Waals surface area contributed by atoms with Crippen LogP contribution in [0.5, 0.6) is 0 Å². The van der Waals surface area contributed by atoms with Gasteiger partial charge in [0, 0.05) is 20.0 Å². The third-order valence-corrected chi connectivity index (χ3v) is 1.64. The van der Waals surface area contributed by atoms with Gasteiger partial charge in [0.05, 0.1) is 6.42 Å². The minimum atomic E-state index is -0.324. The molecule has 1 amide bonds. The summed E-state index contributed by atoms with van der Waals surface area (Å²) in [6.07, 6.45) is 0.338. The minimum absolute atomic E-state index is 0.144.